The molecule has 0 amide bonds. The van der Waals surface area contributed by atoms with E-state index in [1.807, 2.05) is 30.3 Å². The Labute approximate surface area is 176 Å². The first-order valence-electron chi connectivity index (χ1n) is 8.48. The van der Waals surface area contributed by atoms with Crippen LogP contribution in [0.2, 0.25) is 15.1 Å². The molecule has 28 heavy (non-hydrogen) atoms. The van der Waals surface area contributed by atoms with Gasteiger partial charge in [0.15, 0.2) is 11.5 Å². The quantitative estimate of drug-likeness (QED) is 0.338. The average Bonchev–Trinajstić information content (AvgIpc) is 3.23. The Bertz CT molecular complexity index is 1210. The lowest BCUT2D eigenvalue weighted by Crippen LogP contribution is -1.82. The Morgan fingerprint density at radius 2 is 1.68 bits per heavy atom. The van der Waals surface area contributed by atoms with Crippen LogP contribution in [0.25, 0.3) is 39.8 Å². The molecule has 0 bridgehead atoms. The fraction of sp³-hybridized carbons (Fsp3) is 0.0455. The van der Waals surface area contributed by atoms with Gasteiger partial charge in [-0.15, -0.1) is 0 Å². The van der Waals surface area contributed by atoms with Gasteiger partial charge in [-0.2, -0.15) is 0 Å². The molecule has 4 rings (SSSR count). The van der Waals surface area contributed by atoms with Crippen LogP contribution in [-0.2, 0) is 4.79 Å². The highest BCUT2D eigenvalue weighted by Crippen LogP contribution is 2.40. The molecular weight excluding hydrogens is 417 g/mol. The molecule has 0 fully saturated rings. The molecule has 0 saturated heterocycles. The molecule has 2 heterocycles. The molecule has 3 nitrogen and oxygen atoms in total. The van der Waals surface area contributed by atoms with Crippen LogP contribution in [0.1, 0.15) is 12.5 Å². The number of para-hydroxylation sites is 1. The summed E-state index contributed by atoms with van der Waals surface area (Å²) in [6, 6.07) is 14.8. The number of fused-ring (bicyclic) bond motifs is 1. The van der Waals surface area contributed by atoms with E-state index in [-0.39, 0.29) is 5.78 Å². The minimum atomic E-state index is -0.0314. The first-order valence-corrected chi connectivity index (χ1v) is 9.62. The first kappa shape index (κ1) is 18.9. The Morgan fingerprint density at radius 1 is 1.00 bits per heavy atom. The van der Waals surface area contributed by atoms with Crippen LogP contribution in [0.3, 0.4) is 0 Å². The van der Waals surface area contributed by atoms with Gasteiger partial charge >= 0.3 is 0 Å². The number of H-pyrrole nitrogens is 1. The zero-order chi connectivity index (χ0) is 19.8. The van der Waals surface area contributed by atoms with Crippen molar-refractivity contribution in [3.05, 3.63) is 75.2 Å². The third-order valence-corrected chi connectivity index (χ3v) is 5.15. The number of carbonyl (C=O) groups is 1. The number of aromatic nitrogens is 1. The topological polar surface area (TPSA) is 46.0 Å². The molecule has 4 aromatic rings. The third-order valence-electron chi connectivity index (χ3n) is 4.34. The van der Waals surface area contributed by atoms with E-state index < -0.39 is 0 Å². The molecule has 0 aliphatic heterocycles. The zero-order valence-electron chi connectivity index (χ0n) is 14.7. The second-order valence-corrected chi connectivity index (χ2v) is 7.56. The number of nitrogens with one attached hydrogen (secondary N) is 1. The molecule has 2 aromatic heterocycles. The number of halogens is 3. The van der Waals surface area contributed by atoms with Gasteiger partial charge in [-0.1, -0.05) is 53.0 Å². The second-order valence-electron chi connectivity index (χ2n) is 6.31. The van der Waals surface area contributed by atoms with Gasteiger partial charge in [0.2, 0.25) is 0 Å². The van der Waals surface area contributed by atoms with Gasteiger partial charge in [0.1, 0.15) is 5.76 Å². The van der Waals surface area contributed by atoms with E-state index in [9.17, 15) is 4.79 Å². The van der Waals surface area contributed by atoms with Gasteiger partial charge in [0, 0.05) is 21.5 Å². The highest BCUT2D eigenvalue weighted by atomic mass is 35.5. The van der Waals surface area contributed by atoms with E-state index in [4.69, 9.17) is 39.2 Å². The highest BCUT2D eigenvalue weighted by molar-refractivity contribution is 6.41. The van der Waals surface area contributed by atoms with Crippen molar-refractivity contribution in [2.24, 2.45) is 0 Å². The lowest BCUT2D eigenvalue weighted by Gasteiger charge is -2.05. The van der Waals surface area contributed by atoms with Crippen molar-refractivity contribution in [2.45, 2.75) is 6.92 Å². The number of allylic oxidation sites excluding steroid dienone is 1. The number of furan rings is 1. The molecule has 0 unspecified atom stereocenters. The molecule has 0 aliphatic carbocycles. The Morgan fingerprint density at radius 3 is 2.39 bits per heavy atom. The minimum absolute atomic E-state index is 0.0314. The van der Waals surface area contributed by atoms with E-state index >= 15 is 0 Å². The number of ketones is 1. The molecule has 2 aromatic carbocycles. The molecule has 0 saturated carbocycles. The van der Waals surface area contributed by atoms with E-state index in [0.717, 1.165) is 22.2 Å². The van der Waals surface area contributed by atoms with Crippen LogP contribution in [0, 0.1) is 0 Å². The van der Waals surface area contributed by atoms with Crippen molar-refractivity contribution in [1.29, 1.82) is 0 Å². The van der Waals surface area contributed by atoms with Crippen molar-refractivity contribution in [1.82, 2.24) is 4.98 Å². The molecule has 1 N–H and O–H groups in total. The maximum Gasteiger partial charge on any atom is 0.152 e. The zero-order valence-corrected chi connectivity index (χ0v) is 17.0. The summed E-state index contributed by atoms with van der Waals surface area (Å²) >= 11 is 18.6. The Kier molecular flexibility index (Phi) is 5.07. The van der Waals surface area contributed by atoms with Crippen LogP contribution in [0.5, 0.6) is 0 Å². The summed E-state index contributed by atoms with van der Waals surface area (Å²) in [6.07, 6.45) is 3.33. The lowest BCUT2D eigenvalue weighted by molar-refractivity contribution is -0.112. The van der Waals surface area contributed by atoms with Crippen molar-refractivity contribution in [3.63, 3.8) is 0 Å². The standard InChI is InChI=1S/C22H14Cl3NO2/c1-12(27)6-7-15-14-4-2-3-5-18(14)26-22(15)20-9-8-19(28-20)21-16(24)10-13(23)11-17(21)25/h2-11,26H,1H3/b7-6+. The van der Waals surface area contributed by atoms with Gasteiger partial charge in [-0.25, -0.2) is 0 Å². The Hall–Kier alpha value is -2.46. The van der Waals surface area contributed by atoms with E-state index in [0.29, 0.717) is 32.2 Å². The van der Waals surface area contributed by atoms with Gasteiger partial charge in [0.25, 0.3) is 0 Å². The molecule has 0 aliphatic rings. The smallest absolute Gasteiger partial charge is 0.152 e. The molecule has 0 radical (unpaired) electrons. The summed E-state index contributed by atoms with van der Waals surface area (Å²) in [5, 5.41) is 2.27. The van der Waals surface area contributed by atoms with Crippen LogP contribution in [0.4, 0.5) is 0 Å². The number of hydrogen-bond donors (Lipinski definition) is 1. The van der Waals surface area contributed by atoms with Gasteiger partial charge in [0.05, 0.1) is 21.3 Å². The predicted octanol–water partition coefficient (Wildman–Crippen LogP) is 7.66. The summed E-state index contributed by atoms with van der Waals surface area (Å²) < 4.78 is 6.07. The van der Waals surface area contributed by atoms with Crippen molar-refractivity contribution >= 4 is 57.6 Å². The summed E-state index contributed by atoms with van der Waals surface area (Å²) in [5.74, 6) is 1.11. The predicted molar refractivity (Wildman–Crippen MR) is 116 cm³/mol. The van der Waals surface area contributed by atoms with Gasteiger partial charge in [-0.05, 0) is 49.4 Å². The molecule has 140 valence electrons. The second kappa shape index (κ2) is 7.51. The highest BCUT2D eigenvalue weighted by Gasteiger charge is 2.18. The number of benzene rings is 2. The van der Waals surface area contributed by atoms with E-state index in [1.165, 1.54) is 13.0 Å². The normalized spacial score (nSPS) is 11.6. The van der Waals surface area contributed by atoms with Crippen molar-refractivity contribution < 1.29 is 9.21 Å². The largest absolute Gasteiger partial charge is 0.454 e. The summed E-state index contributed by atoms with van der Waals surface area (Å²) in [5.41, 5.74) is 3.17. The van der Waals surface area contributed by atoms with Crippen LogP contribution in [0.15, 0.2) is 59.0 Å². The molecule has 0 spiro atoms. The van der Waals surface area contributed by atoms with Crippen LogP contribution >= 0.6 is 34.8 Å². The van der Waals surface area contributed by atoms with Crippen LogP contribution in [-0.4, -0.2) is 10.8 Å². The monoisotopic (exact) mass is 429 g/mol. The summed E-state index contributed by atoms with van der Waals surface area (Å²) in [6.45, 7) is 1.51. The first-order chi connectivity index (χ1) is 13.4. The fourth-order valence-corrected chi connectivity index (χ4v) is 4.12. The van der Waals surface area contributed by atoms with Gasteiger partial charge in [-0.3, -0.25) is 4.79 Å². The van der Waals surface area contributed by atoms with Gasteiger partial charge < -0.3 is 9.40 Å². The van der Waals surface area contributed by atoms with Crippen molar-refractivity contribution in [3.8, 4) is 22.8 Å². The average molecular weight is 431 g/mol. The summed E-state index contributed by atoms with van der Waals surface area (Å²) in [4.78, 5) is 14.8. The number of rotatable bonds is 4. The van der Waals surface area contributed by atoms with E-state index in [2.05, 4.69) is 4.98 Å². The number of carbonyl (C=O) groups excluding carboxylic acids is 1. The summed E-state index contributed by atoms with van der Waals surface area (Å²) in [7, 11) is 0. The lowest BCUT2D eigenvalue weighted by atomic mass is 10.1. The van der Waals surface area contributed by atoms with Crippen LogP contribution < -0.4 is 0 Å². The van der Waals surface area contributed by atoms with Crippen molar-refractivity contribution in [2.75, 3.05) is 0 Å². The third kappa shape index (κ3) is 3.49. The number of hydrogen-bond acceptors (Lipinski definition) is 2. The minimum Gasteiger partial charge on any atom is -0.454 e. The molecule has 0 atom stereocenters. The fourth-order valence-electron chi connectivity index (χ4n) is 3.12. The Balaban J connectivity index is 1.87. The number of aromatic amines is 1. The molecular formula is C22H14Cl3NO2. The molecule has 6 heteroatoms. The maximum atomic E-state index is 11.5. The van der Waals surface area contributed by atoms with E-state index in [1.54, 1.807) is 24.3 Å². The maximum absolute atomic E-state index is 11.5. The SMILES string of the molecule is CC(=O)/C=C/c1c(-c2ccc(-c3c(Cl)cc(Cl)cc3Cl)o2)[nH]c2ccccc12.